The molecule has 96 valence electrons. The minimum absolute atomic E-state index is 0.164. The Morgan fingerprint density at radius 3 is 2.05 bits per heavy atom. The molecule has 0 amide bonds. The molecule has 0 aliphatic carbocycles. The van der Waals surface area contributed by atoms with Crippen LogP contribution in [0.2, 0.25) is 0 Å². The summed E-state index contributed by atoms with van der Waals surface area (Å²) < 4.78 is 0. The van der Waals surface area contributed by atoms with Gasteiger partial charge in [0.15, 0.2) is 5.78 Å². The van der Waals surface area contributed by atoms with Crippen LogP contribution in [0, 0.1) is 13.8 Å². The Bertz CT molecular complexity index is 640. The lowest BCUT2D eigenvalue weighted by atomic mass is 9.98. The number of rotatable bonds is 3. The zero-order valence-corrected chi connectivity index (χ0v) is 10.8. The van der Waals surface area contributed by atoms with E-state index in [0.29, 0.717) is 16.7 Å². The van der Waals surface area contributed by atoms with Crippen molar-refractivity contribution in [3.8, 4) is 0 Å². The molecule has 1 N–H and O–H groups in total. The first kappa shape index (κ1) is 13.0. The Balaban J connectivity index is 2.42. The van der Waals surface area contributed by atoms with Crippen molar-refractivity contribution in [2.75, 3.05) is 0 Å². The lowest BCUT2D eigenvalue weighted by Crippen LogP contribution is -2.06. The zero-order chi connectivity index (χ0) is 14.0. The van der Waals surface area contributed by atoms with Gasteiger partial charge >= 0.3 is 5.97 Å². The van der Waals surface area contributed by atoms with Gasteiger partial charge in [0.1, 0.15) is 0 Å². The summed E-state index contributed by atoms with van der Waals surface area (Å²) >= 11 is 0. The molecule has 0 radical (unpaired) electrons. The molecule has 0 aliphatic heterocycles. The molecule has 0 bridgehead atoms. The second-order valence-electron chi connectivity index (χ2n) is 4.53. The van der Waals surface area contributed by atoms with Crippen molar-refractivity contribution < 1.29 is 14.7 Å². The molecule has 0 saturated heterocycles. The third kappa shape index (κ3) is 2.71. The minimum Gasteiger partial charge on any atom is -0.478 e. The number of carbonyl (C=O) groups excluding carboxylic acids is 1. The van der Waals surface area contributed by atoms with Gasteiger partial charge in [-0.15, -0.1) is 0 Å². The third-order valence-electron chi connectivity index (χ3n) is 3.04. The van der Waals surface area contributed by atoms with Crippen LogP contribution < -0.4 is 0 Å². The number of hydrogen-bond acceptors (Lipinski definition) is 2. The van der Waals surface area contributed by atoms with Crippen LogP contribution in [0.4, 0.5) is 0 Å². The van der Waals surface area contributed by atoms with Gasteiger partial charge in [0.2, 0.25) is 0 Å². The standard InChI is InChI=1S/C16H14O3/c1-10-3-6-12(7-4-10)15(17)13-8-5-11(2)14(9-13)16(18)19/h3-9H,1-2H3,(H,18,19). The van der Waals surface area contributed by atoms with Crippen molar-refractivity contribution in [1.29, 1.82) is 0 Å². The summed E-state index contributed by atoms with van der Waals surface area (Å²) in [4.78, 5) is 23.3. The largest absolute Gasteiger partial charge is 0.478 e. The summed E-state index contributed by atoms with van der Waals surface area (Å²) in [6, 6.07) is 12.0. The van der Waals surface area contributed by atoms with E-state index >= 15 is 0 Å². The van der Waals surface area contributed by atoms with Gasteiger partial charge in [-0.2, -0.15) is 0 Å². The second-order valence-corrected chi connectivity index (χ2v) is 4.53. The van der Waals surface area contributed by atoms with Gasteiger partial charge in [0.05, 0.1) is 5.56 Å². The highest BCUT2D eigenvalue weighted by Gasteiger charge is 2.13. The van der Waals surface area contributed by atoms with E-state index in [0.717, 1.165) is 5.56 Å². The fraction of sp³-hybridized carbons (Fsp3) is 0.125. The Kier molecular flexibility index (Phi) is 3.47. The Morgan fingerprint density at radius 2 is 1.47 bits per heavy atom. The number of ketones is 1. The maximum Gasteiger partial charge on any atom is 0.335 e. The average Bonchev–Trinajstić information content (AvgIpc) is 2.39. The summed E-state index contributed by atoms with van der Waals surface area (Å²) in [7, 11) is 0. The van der Waals surface area contributed by atoms with Gasteiger partial charge in [0, 0.05) is 11.1 Å². The zero-order valence-electron chi connectivity index (χ0n) is 10.8. The van der Waals surface area contributed by atoms with E-state index in [1.807, 2.05) is 19.1 Å². The maximum atomic E-state index is 12.3. The van der Waals surface area contributed by atoms with Gasteiger partial charge in [0.25, 0.3) is 0 Å². The number of hydrogen-bond donors (Lipinski definition) is 1. The van der Waals surface area contributed by atoms with Crippen molar-refractivity contribution in [1.82, 2.24) is 0 Å². The highest BCUT2D eigenvalue weighted by atomic mass is 16.4. The lowest BCUT2D eigenvalue weighted by Gasteiger charge is -2.05. The molecule has 0 unspecified atom stereocenters. The Hall–Kier alpha value is -2.42. The summed E-state index contributed by atoms with van der Waals surface area (Å²) in [6.07, 6.45) is 0. The number of aromatic carboxylic acids is 1. The summed E-state index contributed by atoms with van der Waals surface area (Å²) in [6.45, 7) is 3.66. The number of benzene rings is 2. The molecule has 2 aromatic carbocycles. The predicted molar refractivity (Wildman–Crippen MR) is 72.7 cm³/mol. The van der Waals surface area contributed by atoms with Gasteiger partial charge in [-0.3, -0.25) is 4.79 Å². The van der Waals surface area contributed by atoms with E-state index in [-0.39, 0.29) is 11.3 Å². The molecule has 2 rings (SSSR count). The molecule has 0 atom stereocenters. The number of aryl methyl sites for hydroxylation is 2. The molecule has 0 aliphatic rings. The van der Waals surface area contributed by atoms with Gasteiger partial charge in [-0.1, -0.05) is 42.0 Å². The SMILES string of the molecule is Cc1ccc(C(=O)c2ccc(C)c(C(=O)O)c2)cc1. The lowest BCUT2D eigenvalue weighted by molar-refractivity contribution is 0.0696. The van der Waals surface area contributed by atoms with E-state index in [2.05, 4.69) is 0 Å². The second kappa shape index (κ2) is 5.06. The molecular weight excluding hydrogens is 240 g/mol. The van der Waals surface area contributed by atoms with Crippen LogP contribution in [0.1, 0.15) is 37.4 Å². The highest BCUT2D eigenvalue weighted by Crippen LogP contribution is 2.15. The van der Waals surface area contributed by atoms with Gasteiger partial charge in [-0.05, 0) is 25.5 Å². The molecule has 0 fully saturated rings. The van der Waals surface area contributed by atoms with Crippen LogP contribution >= 0.6 is 0 Å². The normalized spacial score (nSPS) is 10.2. The van der Waals surface area contributed by atoms with Crippen LogP contribution in [-0.4, -0.2) is 16.9 Å². The Labute approximate surface area is 111 Å². The van der Waals surface area contributed by atoms with Crippen LogP contribution in [0.15, 0.2) is 42.5 Å². The van der Waals surface area contributed by atoms with E-state index in [9.17, 15) is 9.59 Å². The van der Waals surface area contributed by atoms with Crippen LogP contribution in [0.5, 0.6) is 0 Å². The molecule has 0 spiro atoms. The summed E-state index contributed by atoms with van der Waals surface area (Å²) in [5, 5.41) is 9.07. The van der Waals surface area contributed by atoms with Crippen LogP contribution in [0.3, 0.4) is 0 Å². The van der Waals surface area contributed by atoms with Crippen molar-refractivity contribution in [2.45, 2.75) is 13.8 Å². The van der Waals surface area contributed by atoms with Crippen molar-refractivity contribution in [3.05, 3.63) is 70.3 Å². The molecule has 3 nitrogen and oxygen atoms in total. The molecule has 3 heteroatoms. The molecule has 2 aromatic rings. The van der Waals surface area contributed by atoms with Crippen molar-refractivity contribution in [3.63, 3.8) is 0 Å². The maximum absolute atomic E-state index is 12.3. The molecule has 19 heavy (non-hydrogen) atoms. The molecule has 0 aromatic heterocycles. The topological polar surface area (TPSA) is 54.4 Å². The summed E-state index contributed by atoms with van der Waals surface area (Å²) in [5.41, 5.74) is 2.84. The fourth-order valence-corrected chi connectivity index (χ4v) is 1.87. The monoisotopic (exact) mass is 254 g/mol. The number of carboxylic acid groups (broad SMARTS) is 1. The smallest absolute Gasteiger partial charge is 0.335 e. The highest BCUT2D eigenvalue weighted by molar-refractivity contribution is 6.10. The third-order valence-corrected chi connectivity index (χ3v) is 3.04. The van der Waals surface area contributed by atoms with Crippen LogP contribution in [-0.2, 0) is 0 Å². The van der Waals surface area contributed by atoms with Crippen molar-refractivity contribution >= 4 is 11.8 Å². The first-order valence-electron chi connectivity index (χ1n) is 5.94. The molecule has 0 saturated carbocycles. The van der Waals surface area contributed by atoms with Gasteiger partial charge < -0.3 is 5.11 Å². The molecular formula is C16H14O3. The quantitative estimate of drug-likeness (QED) is 0.855. The first-order valence-corrected chi connectivity index (χ1v) is 5.94. The minimum atomic E-state index is -1.02. The Morgan fingerprint density at radius 1 is 0.895 bits per heavy atom. The van der Waals surface area contributed by atoms with Gasteiger partial charge in [-0.25, -0.2) is 4.79 Å². The summed E-state index contributed by atoms with van der Waals surface area (Å²) in [5.74, 6) is -1.18. The number of carboxylic acids is 1. The van der Waals surface area contributed by atoms with E-state index < -0.39 is 5.97 Å². The van der Waals surface area contributed by atoms with E-state index in [4.69, 9.17) is 5.11 Å². The van der Waals surface area contributed by atoms with E-state index in [1.54, 1.807) is 31.2 Å². The number of carbonyl (C=O) groups is 2. The first-order chi connectivity index (χ1) is 8.99. The average molecular weight is 254 g/mol. The van der Waals surface area contributed by atoms with E-state index in [1.165, 1.54) is 6.07 Å². The van der Waals surface area contributed by atoms with Crippen molar-refractivity contribution in [2.24, 2.45) is 0 Å². The fourth-order valence-electron chi connectivity index (χ4n) is 1.87. The molecule has 0 heterocycles. The van der Waals surface area contributed by atoms with Crippen LogP contribution in [0.25, 0.3) is 0 Å². The predicted octanol–water partition coefficient (Wildman–Crippen LogP) is 3.23.